The minimum absolute atomic E-state index is 0.769. The number of hydrogen-bond donors (Lipinski definition) is 2. The van der Waals surface area contributed by atoms with E-state index in [4.69, 9.17) is 10.2 Å². The molecule has 48 valence electrons. The van der Waals surface area contributed by atoms with Gasteiger partial charge in [0.15, 0.2) is 6.79 Å². The van der Waals surface area contributed by atoms with Gasteiger partial charge < -0.3 is 14.9 Å². The van der Waals surface area contributed by atoms with Gasteiger partial charge >= 0.3 is 6.16 Å². The van der Waals surface area contributed by atoms with Gasteiger partial charge in [0.1, 0.15) is 0 Å². The van der Waals surface area contributed by atoms with Gasteiger partial charge in [-0.3, -0.25) is 0 Å². The van der Waals surface area contributed by atoms with Crippen LogP contribution in [-0.4, -0.2) is 23.2 Å². The van der Waals surface area contributed by atoms with Gasteiger partial charge in [0.25, 0.3) is 0 Å². The van der Waals surface area contributed by atoms with Crippen molar-refractivity contribution in [2.75, 3.05) is 6.79 Å². The summed E-state index contributed by atoms with van der Waals surface area (Å²) in [7, 11) is 0. The van der Waals surface area contributed by atoms with Crippen LogP contribution in [0, 0.1) is 0 Å². The van der Waals surface area contributed by atoms with Crippen molar-refractivity contribution < 1.29 is 19.7 Å². The standard InChI is InChI=1S/C2H4O4.C2H4/c3-1-6-2(4)5;1-2/h3H,1H2,(H,4,5);1-2H2. The molecule has 0 bridgehead atoms. The average molecular weight is 120 g/mol. The molecule has 0 spiro atoms. The molecule has 0 heterocycles. The van der Waals surface area contributed by atoms with E-state index in [1.165, 1.54) is 0 Å². The summed E-state index contributed by atoms with van der Waals surface area (Å²) in [6.07, 6.45) is -1.46. The van der Waals surface area contributed by atoms with Gasteiger partial charge in [-0.1, -0.05) is 0 Å². The van der Waals surface area contributed by atoms with E-state index < -0.39 is 12.9 Å². The van der Waals surface area contributed by atoms with Crippen LogP contribution >= 0.6 is 0 Å². The Bertz CT molecular complexity index is 61.1. The summed E-state index contributed by atoms with van der Waals surface area (Å²) in [6.45, 7) is 5.23. The second-order valence-corrected chi connectivity index (χ2v) is 0.539. The fourth-order valence-electron chi connectivity index (χ4n) is 0.0552. The summed E-state index contributed by atoms with van der Waals surface area (Å²) in [6, 6.07) is 0. The number of ether oxygens (including phenoxy) is 1. The highest BCUT2D eigenvalue weighted by atomic mass is 16.7. The van der Waals surface area contributed by atoms with Crippen molar-refractivity contribution in [3.05, 3.63) is 13.2 Å². The zero-order chi connectivity index (χ0) is 6.99. The van der Waals surface area contributed by atoms with Crippen molar-refractivity contribution in [1.29, 1.82) is 0 Å². The lowest BCUT2D eigenvalue weighted by Crippen LogP contribution is -1.99. The Morgan fingerprint density at radius 1 is 1.62 bits per heavy atom. The fraction of sp³-hybridized carbons (Fsp3) is 0.250. The Labute approximate surface area is 47.0 Å². The number of aliphatic hydroxyl groups excluding tert-OH is 1. The summed E-state index contributed by atoms with van der Waals surface area (Å²) in [4.78, 5) is 9.22. The van der Waals surface area contributed by atoms with Crippen molar-refractivity contribution in [3.63, 3.8) is 0 Å². The minimum Gasteiger partial charge on any atom is -0.450 e. The molecule has 0 unspecified atom stereocenters. The molecule has 0 aromatic rings. The molecule has 0 aliphatic carbocycles. The molecule has 0 aromatic heterocycles. The molecule has 0 saturated carbocycles. The third kappa shape index (κ3) is 20.2. The maximum Gasteiger partial charge on any atom is 0.507 e. The SMILES string of the molecule is C=C.O=C(O)OCO. The van der Waals surface area contributed by atoms with E-state index in [0.29, 0.717) is 0 Å². The van der Waals surface area contributed by atoms with Gasteiger partial charge in [-0.25, -0.2) is 4.79 Å². The molecule has 4 heteroatoms. The summed E-state index contributed by atoms with van der Waals surface area (Å²) in [5.41, 5.74) is 0. The van der Waals surface area contributed by atoms with Crippen LogP contribution in [0.5, 0.6) is 0 Å². The van der Waals surface area contributed by atoms with Crippen LogP contribution in [0.4, 0.5) is 4.79 Å². The molecular formula is C4H8O4. The zero-order valence-corrected chi connectivity index (χ0v) is 4.33. The largest absolute Gasteiger partial charge is 0.507 e. The molecule has 0 amide bonds. The Kier molecular flexibility index (Phi) is 11.8. The van der Waals surface area contributed by atoms with Gasteiger partial charge in [0, 0.05) is 0 Å². The molecule has 0 atom stereocenters. The van der Waals surface area contributed by atoms with Crippen molar-refractivity contribution in [2.45, 2.75) is 0 Å². The Hall–Kier alpha value is -1.03. The predicted octanol–water partition coefficient (Wildman–Crippen LogP) is 0.433. The van der Waals surface area contributed by atoms with Crippen LogP contribution in [0.1, 0.15) is 0 Å². The highest BCUT2D eigenvalue weighted by Crippen LogP contribution is 1.67. The van der Waals surface area contributed by atoms with E-state index in [9.17, 15) is 4.79 Å². The number of rotatable bonds is 1. The molecule has 0 fully saturated rings. The lowest BCUT2D eigenvalue weighted by atomic mass is 11.3. The van der Waals surface area contributed by atoms with Crippen LogP contribution in [0.2, 0.25) is 0 Å². The Balaban J connectivity index is 0. The van der Waals surface area contributed by atoms with E-state index in [1.807, 2.05) is 0 Å². The number of hydrogen-bond acceptors (Lipinski definition) is 3. The molecule has 8 heavy (non-hydrogen) atoms. The monoisotopic (exact) mass is 120 g/mol. The molecular weight excluding hydrogens is 112 g/mol. The smallest absolute Gasteiger partial charge is 0.450 e. The fourth-order valence-corrected chi connectivity index (χ4v) is 0.0552. The summed E-state index contributed by atoms with van der Waals surface area (Å²) in [5.74, 6) is 0. The lowest BCUT2D eigenvalue weighted by molar-refractivity contribution is 0.0137. The van der Waals surface area contributed by atoms with Crippen LogP contribution in [0.15, 0.2) is 13.2 Å². The van der Waals surface area contributed by atoms with E-state index in [2.05, 4.69) is 17.9 Å². The molecule has 0 radical (unpaired) electrons. The van der Waals surface area contributed by atoms with Crippen molar-refractivity contribution in [1.82, 2.24) is 0 Å². The first-order valence-corrected chi connectivity index (χ1v) is 1.74. The van der Waals surface area contributed by atoms with E-state index in [0.717, 1.165) is 0 Å². The summed E-state index contributed by atoms with van der Waals surface area (Å²) >= 11 is 0. The maximum absolute atomic E-state index is 9.22. The van der Waals surface area contributed by atoms with E-state index in [-0.39, 0.29) is 0 Å². The highest BCUT2D eigenvalue weighted by molar-refractivity contribution is 5.56. The molecule has 2 N–H and O–H groups in total. The topological polar surface area (TPSA) is 66.8 Å². The van der Waals surface area contributed by atoms with Crippen LogP contribution in [0.3, 0.4) is 0 Å². The van der Waals surface area contributed by atoms with E-state index >= 15 is 0 Å². The molecule has 0 aliphatic rings. The highest BCUT2D eigenvalue weighted by Gasteiger charge is 1.87. The Morgan fingerprint density at radius 3 is 2.00 bits per heavy atom. The average Bonchev–Trinajstić information content (AvgIpc) is 1.72. The number of carboxylic acid groups (broad SMARTS) is 1. The second kappa shape index (κ2) is 9.36. The molecule has 0 saturated heterocycles. The third-order valence-corrected chi connectivity index (χ3v) is 0.188. The van der Waals surface area contributed by atoms with Gasteiger partial charge in [-0.15, -0.1) is 13.2 Å². The second-order valence-electron chi connectivity index (χ2n) is 0.539. The molecule has 0 aromatic carbocycles. The van der Waals surface area contributed by atoms with Gasteiger partial charge in [-0.2, -0.15) is 0 Å². The normalized spacial score (nSPS) is 6.12. The number of aliphatic hydroxyl groups is 1. The lowest BCUT2D eigenvalue weighted by Gasteiger charge is -1.86. The predicted molar refractivity (Wildman–Crippen MR) is 27.4 cm³/mol. The first kappa shape index (κ1) is 10.1. The first-order chi connectivity index (χ1) is 3.77. The third-order valence-electron chi connectivity index (χ3n) is 0.188. The van der Waals surface area contributed by atoms with Gasteiger partial charge in [-0.05, 0) is 0 Å². The minimum atomic E-state index is -1.46. The summed E-state index contributed by atoms with van der Waals surface area (Å²) in [5, 5.41) is 15.2. The zero-order valence-electron chi connectivity index (χ0n) is 4.33. The van der Waals surface area contributed by atoms with Crippen molar-refractivity contribution in [2.24, 2.45) is 0 Å². The van der Waals surface area contributed by atoms with Crippen molar-refractivity contribution >= 4 is 6.16 Å². The number of carbonyl (C=O) groups is 1. The van der Waals surface area contributed by atoms with Crippen LogP contribution in [0.25, 0.3) is 0 Å². The summed E-state index contributed by atoms with van der Waals surface area (Å²) < 4.78 is 3.51. The van der Waals surface area contributed by atoms with Crippen LogP contribution in [-0.2, 0) is 4.74 Å². The van der Waals surface area contributed by atoms with E-state index in [1.54, 1.807) is 0 Å². The van der Waals surface area contributed by atoms with Gasteiger partial charge in [0.2, 0.25) is 0 Å². The first-order valence-electron chi connectivity index (χ1n) is 1.74. The maximum atomic E-state index is 9.22. The Morgan fingerprint density at radius 2 is 2.00 bits per heavy atom. The van der Waals surface area contributed by atoms with Crippen LogP contribution < -0.4 is 0 Å². The molecule has 4 nitrogen and oxygen atoms in total. The molecule has 0 rings (SSSR count). The van der Waals surface area contributed by atoms with Gasteiger partial charge in [0.05, 0.1) is 0 Å². The molecule has 0 aliphatic heterocycles. The van der Waals surface area contributed by atoms with Crippen molar-refractivity contribution in [3.8, 4) is 0 Å². The quantitative estimate of drug-likeness (QED) is 0.299.